The molecular weight excluding hydrogens is 194 g/mol. The van der Waals surface area contributed by atoms with Gasteiger partial charge < -0.3 is 4.74 Å². The van der Waals surface area contributed by atoms with Gasteiger partial charge in [0.2, 0.25) is 11.8 Å². The quantitative estimate of drug-likeness (QED) is 0.787. The number of ether oxygens (including phenoxy) is 1. The van der Waals surface area contributed by atoms with E-state index in [1.807, 2.05) is 13.0 Å². The molecule has 1 N–H and O–H groups in total. The van der Waals surface area contributed by atoms with Crippen molar-refractivity contribution in [3.05, 3.63) is 29.8 Å². The van der Waals surface area contributed by atoms with Crippen LogP contribution in [0.25, 0.3) is 0 Å². The minimum Gasteiger partial charge on any atom is -0.417 e. The highest BCUT2D eigenvalue weighted by atomic mass is 16.5. The second kappa shape index (κ2) is 3.75. The summed E-state index contributed by atoms with van der Waals surface area (Å²) in [5.41, 5.74) is 1.15. The molecule has 0 radical (unpaired) electrons. The van der Waals surface area contributed by atoms with E-state index in [0.29, 0.717) is 11.8 Å². The van der Waals surface area contributed by atoms with Crippen LogP contribution in [0.1, 0.15) is 11.4 Å². The molecule has 74 valence electrons. The van der Waals surface area contributed by atoms with Crippen molar-refractivity contribution in [1.82, 2.24) is 20.2 Å². The predicted octanol–water partition coefficient (Wildman–Crippen LogP) is 1.17. The van der Waals surface area contributed by atoms with Gasteiger partial charge in [-0.25, -0.2) is 9.97 Å². The molecule has 0 atom stereocenters. The van der Waals surface area contributed by atoms with Crippen LogP contribution in [0.4, 0.5) is 0 Å². The highest BCUT2D eigenvalue weighted by molar-refractivity contribution is 5.22. The van der Waals surface area contributed by atoms with Gasteiger partial charge in [-0.15, -0.1) is 5.10 Å². The fourth-order valence-electron chi connectivity index (χ4n) is 0.979. The Morgan fingerprint density at radius 1 is 1.33 bits per heavy atom. The number of nitrogens with zero attached hydrogens (tertiary/aromatic N) is 4. The number of nitrogens with one attached hydrogen (secondary N) is 1. The lowest BCUT2D eigenvalue weighted by Gasteiger charge is -1.98. The van der Waals surface area contributed by atoms with E-state index in [1.165, 1.54) is 12.4 Å². The summed E-state index contributed by atoms with van der Waals surface area (Å²) in [6.45, 7) is 1.87. The summed E-state index contributed by atoms with van der Waals surface area (Å²) < 4.78 is 5.27. The number of nitriles is 1. The van der Waals surface area contributed by atoms with Gasteiger partial charge in [-0.1, -0.05) is 0 Å². The molecule has 6 nitrogen and oxygen atoms in total. The summed E-state index contributed by atoms with van der Waals surface area (Å²) >= 11 is 0. The van der Waals surface area contributed by atoms with Crippen molar-refractivity contribution in [1.29, 1.82) is 5.26 Å². The van der Waals surface area contributed by atoms with Gasteiger partial charge in [0, 0.05) is 11.8 Å². The fraction of sp³-hybridized carbons (Fsp3) is 0.111. The Kier molecular flexibility index (Phi) is 2.29. The molecule has 15 heavy (non-hydrogen) atoms. The number of aromatic nitrogens is 4. The van der Waals surface area contributed by atoms with E-state index in [2.05, 4.69) is 20.2 Å². The molecular formula is C9H7N5O. The Morgan fingerprint density at radius 3 is 2.73 bits per heavy atom. The van der Waals surface area contributed by atoms with Gasteiger partial charge in [-0.05, 0) is 6.92 Å². The van der Waals surface area contributed by atoms with E-state index < -0.39 is 0 Å². The summed E-state index contributed by atoms with van der Waals surface area (Å²) in [6.07, 6.45) is 2.72. The van der Waals surface area contributed by atoms with Crippen molar-refractivity contribution in [2.45, 2.75) is 6.92 Å². The zero-order valence-corrected chi connectivity index (χ0v) is 7.93. The zero-order valence-electron chi connectivity index (χ0n) is 7.93. The Hall–Kier alpha value is -2.42. The molecule has 2 aromatic heterocycles. The number of rotatable bonds is 2. The molecule has 2 heterocycles. The van der Waals surface area contributed by atoms with Crippen LogP contribution in [0, 0.1) is 18.3 Å². The second-order valence-electron chi connectivity index (χ2n) is 2.84. The minimum absolute atomic E-state index is 0.251. The summed E-state index contributed by atoms with van der Waals surface area (Å²) in [4.78, 5) is 7.71. The Morgan fingerprint density at radius 2 is 2.20 bits per heavy atom. The van der Waals surface area contributed by atoms with Crippen LogP contribution in [0.3, 0.4) is 0 Å². The first kappa shape index (κ1) is 9.15. The first-order valence-electron chi connectivity index (χ1n) is 4.20. The van der Waals surface area contributed by atoms with Gasteiger partial charge in [-0.2, -0.15) is 5.26 Å². The first-order valence-corrected chi connectivity index (χ1v) is 4.20. The van der Waals surface area contributed by atoms with Crippen LogP contribution < -0.4 is 4.74 Å². The highest BCUT2D eigenvalue weighted by Crippen LogP contribution is 2.15. The average molecular weight is 201 g/mol. The third-order valence-electron chi connectivity index (χ3n) is 1.63. The van der Waals surface area contributed by atoms with Gasteiger partial charge in [-0.3, -0.25) is 5.10 Å². The van der Waals surface area contributed by atoms with E-state index in [0.717, 1.165) is 5.69 Å². The van der Waals surface area contributed by atoms with Crippen LogP contribution in [-0.2, 0) is 0 Å². The number of aromatic amines is 1. The largest absolute Gasteiger partial charge is 0.417 e. The lowest BCUT2D eigenvalue weighted by molar-refractivity contribution is 0.441. The van der Waals surface area contributed by atoms with E-state index in [-0.39, 0.29) is 5.69 Å². The minimum atomic E-state index is 0.251. The van der Waals surface area contributed by atoms with Crippen LogP contribution in [0.5, 0.6) is 11.8 Å². The van der Waals surface area contributed by atoms with Crippen molar-refractivity contribution >= 4 is 0 Å². The van der Waals surface area contributed by atoms with Gasteiger partial charge in [0.05, 0.1) is 12.4 Å². The summed E-state index contributed by atoms with van der Waals surface area (Å²) in [6, 6.07) is 3.61. The molecule has 0 aliphatic carbocycles. The number of hydrogen-bond acceptors (Lipinski definition) is 5. The maximum absolute atomic E-state index is 8.51. The third-order valence-corrected chi connectivity index (χ3v) is 1.63. The van der Waals surface area contributed by atoms with Gasteiger partial charge in [0.15, 0.2) is 5.69 Å². The van der Waals surface area contributed by atoms with E-state index in [4.69, 9.17) is 10.00 Å². The van der Waals surface area contributed by atoms with Crippen molar-refractivity contribution in [2.24, 2.45) is 0 Å². The van der Waals surface area contributed by atoms with Crippen molar-refractivity contribution < 1.29 is 4.74 Å². The summed E-state index contributed by atoms with van der Waals surface area (Å²) in [5.74, 6) is 0.729. The Labute approximate surface area is 85.6 Å². The molecule has 2 aromatic rings. The SMILES string of the molecule is Cc1cc(Oc2cnc(C#N)cn2)n[nH]1. The molecule has 0 unspecified atom stereocenters. The smallest absolute Gasteiger partial charge is 0.240 e. The van der Waals surface area contributed by atoms with Crippen LogP contribution in [-0.4, -0.2) is 20.2 Å². The van der Waals surface area contributed by atoms with E-state index >= 15 is 0 Å². The molecule has 2 rings (SSSR count). The number of hydrogen-bond donors (Lipinski definition) is 1. The third kappa shape index (κ3) is 2.08. The highest BCUT2D eigenvalue weighted by Gasteiger charge is 2.02. The van der Waals surface area contributed by atoms with Gasteiger partial charge >= 0.3 is 0 Å². The van der Waals surface area contributed by atoms with Gasteiger partial charge in [0.25, 0.3) is 0 Å². The van der Waals surface area contributed by atoms with Crippen molar-refractivity contribution in [2.75, 3.05) is 0 Å². The molecule has 0 aromatic carbocycles. The molecule has 0 saturated heterocycles. The van der Waals surface area contributed by atoms with E-state index in [9.17, 15) is 0 Å². The van der Waals surface area contributed by atoms with Gasteiger partial charge in [0.1, 0.15) is 6.07 Å². The maximum Gasteiger partial charge on any atom is 0.240 e. The summed E-state index contributed by atoms with van der Waals surface area (Å²) in [7, 11) is 0. The number of aryl methyl sites for hydroxylation is 1. The normalized spacial score (nSPS) is 9.60. The second-order valence-corrected chi connectivity index (χ2v) is 2.84. The number of H-pyrrole nitrogens is 1. The van der Waals surface area contributed by atoms with Crippen molar-refractivity contribution in [3.63, 3.8) is 0 Å². The molecule has 0 aliphatic heterocycles. The van der Waals surface area contributed by atoms with Crippen LogP contribution in [0.2, 0.25) is 0 Å². The standard InChI is InChI=1S/C9H7N5O/c1-6-2-8(14-13-6)15-9-5-11-7(3-10)4-12-9/h2,4-5H,1H3,(H,13,14). The molecule has 0 fully saturated rings. The monoisotopic (exact) mass is 201 g/mol. The average Bonchev–Trinajstić information content (AvgIpc) is 2.65. The van der Waals surface area contributed by atoms with Crippen LogP contribution >= 0.6 is 0 Å². The Bertz CT molecular complexity index is 496. The van der Waals surface area contributed by atoms with Crippen LogP contribution in [0.15, 0.2) is 18.5 Å². The lowest BCUT2D eigenvalue weighted by Crippen LogP contribution is -1.91. The molecule has 6 heteroatoms. The molecule has 0 saturated carbocycles. The Balaban J connectivity index is 2.15. The first-order chi connectivity index (χ1) is 7.28. The topological polar surface area (TPSA) is 87.5 Å². The predicted molar refractivity (Wildman–Crippen MR) is 50.1 cm³/mol. The molecule has 0 spiro atoms. The fourth-order valence-corrected chi connectivity index (χ4v) is 0.979. The zero-order chi connectivity index (χ0) is 10.7. The lowest BCUT2D eigenvalue weighted by atomic mass is 10.5. The van der Waals surface area contributed by atoms with E-state index in [1.54, 1.807) is 6.07 Å². The molecule has 0 aliphatic rings. The molecule has 0 bridgehead atoms. The maximum atomic E-state index is 8.51. The van der Waals surface area contributed by atoms with Crippen molar-refractivity contribution in [3.8, 4) is 17.8 Å². The molecule has 0 amide bonds. The summed E-state index contributed by atoms with van der Waals surface area (Å²) in [5, 5.41) is 15.1.